The van der Waals surface area contributed by atoms with Crippen molar-refractivity contribution in [3.05, 3.63) is 28.7 Å². The van der Waals surface area contributed by atoms with Crippen LogP contribution in [0.15, 0.2) is 23.0 Å². The lowest BCUT2D eigenvalue weighted by atomic mass is 9.88. The Hall–Kier alpha value is -2.04. The molecule has 0 radical (unpaired) electrons. The average molecular weight is 273 g/mol. The molecule has 1 fully saturated rings. The number of anilines is 1. The van der Waals surface area contributed by atoms with Gasteiger partial charge in [0.25, 0.3) is 0 Å². The number of hydrogen-bond donors (Lipinski definition) is 1. The Bertz CT molecular complexity index is 721. The minimum Gasteiger partial charge on any atom is -0.399 e. The molecule has 0 bridgehead atoms. The fraction of sp³-hybridized carbons (Fsp3) is 0.467. The number of nitrogen functional groups attached to an aromatic ring is 1. The molecule has 1 heterocycles. The molecule has 0 atom stereocenters. The Morgan fingerprint density at radius 2 is 1.90 bits per heavy atom. The van der Waals surface area contributed by atoms with Gasteiger partial charge in [-0.3, -0.25) is 9.36 Å². The molecule has 1 aromatic heterocycles. The molecule has 0 aliphatic heterocycles. The third kappa shape index (κ3) is 1.94. The maximum Gasteiger partial charge on any atom is 0.335 e. The lowest BCUT2D eigenvalue weighted by Crippen LogP contribution is -2.33. The first-order valence-electron chi connectivity index (χ1n) is 7.11. The first kappa shape index (κ1) is 13.0. The molecule has 20 heavy (non-hydrogen) atoms. The molecule has 0 spiro atoms. The van der Waals surface area contributed by atoms with E-state index in [0.29, 0.717) is 11.2 Å². The largest absolute Gasteiger partial charge is 0.399 e. The summed E-state index contributed by atoms with van der Waals surface area (Å²) in [4.78, 5) is 25.0. The van der Waals surface area contributed by atoms with Crippen molar-refractivity contribution >= 4 is 22.6 Å². The number of fused-ring (bicyclic) bond motifs is 1. The fourth-order valence-corrected chi connectivity index (χ4v) is 3.10. The molecule has 106 valence electrons. The summed E-state index contributed by atoms with van der Waals surface area (Å²) < 4.78 is 2.82. The summed E-state index contributed by atoms with van der Waals surface area (Å²) in [6.07, 6.45) is 5.07. The summed E-state index contributed by atoms with van der Waals surface area (Å²) in [5, 5.41) is 0. The summed E-state index contributed by atoms with van der Waals surface area (Å²) in [7, 11) is 1.69. The first-order chi connectivity index (χ1) is 9.59. The highest BCUT2D eigenvalue weighted by Gasteiger charge is 2.26. The Kier molecular flexibility index (Phi) is 3.12. The normalized spacial score (nSPS) is 16.6. The summed E-state index contributed by atoms with van der Waals surface area (Å²) in [5.41, 5.74) is 7.44. The molecule has 2 N–H and O–H groups in total. The van der Waals surface area contributed by atoms with Crippen LogP contribution < -0.4 is 11.4 Å². The Labute approximate surface area is 117 Å². The van der Waals surface area contributed by atoms with E-state index >= 15 is 0 Å². The van der Waals surface area contributed by atoms with Crippen LogP contribution in [0.2, 0.25) is 0 Å². The number of carbonyl (C=O) groups excluding carboxylic acids is 1. The monoisotopic (exact) mass is 273 g/mol. The molecule has 0 amide bonds. The van der Waals surface area contributed by atoms with Crippen LogP contribution >= 0.6 is 0 Å². The number of nitrogens with zero attached hydrogens (tertiary/aromatic N) is 2. The summed E-state index contributed by atoms with van der Waals surface area (Å²) in [6, 6.07) is 5.24. The Morgan fingerprint density at radius 1 is 1.20 bits per heavy atom. The minimum absolute atomic E-state index is 0.0338. The molecule has 5 nitrogen and oxygen atoms in total. The van der Waals surface area contributed by atoms with Gasteiger partial charge < -0.3 is 5.73 Å². The van der Waals surface area contributed by atoms with Gasteiger partial charge in [0.1, 0.15) is 0 Å². The first-order valence-corrected chi connectivity index (χ1v) is 7.11. The van der Waals surface area contributed by atoms with Crippen molar-refractivity contribution in [1.29, 1.82) is 0 Å². The number of rotatable bonds is 1. The van der Waals surface area contributed by atoms with Crippen molar-refractivity contribution in [2.24, 2.45) is 13.0 Å². The van der Waals surface area contributed by atoms with Crippen LogP contribution in [0.4, 0.5) is 5.69 Å². The average Bonchev–Trinajstić information content (AvgIpc) is 2.71. The lowest BCUT2D eigenvalue weighted by Gasteiger charge is -2.20. The predicted molar refractivity (Wildman–Crippen MR) is 78.8 cm³/mol. The fourth-order valence-electron chi connectivity index (χ4n) is 3.10. The summed E-state index contributed by atoms with van der Waals surface area (Å²) >= 11 is 0. The molecule has 3 rings (SSSR count). The Balaban J connectivity index is 2.15. The second-order valence-corrected chi connectivity index (χ2v) is 5.60. The van der Waals surface area contributed by atoms with Gasteiger partial charge in [-0.1, -0.05) is 19.3 Å². The number of nitrogens with two attached hydrogens (primary N) is 1. The Morgan fingerprint density at radius 3 is 2.60 bits per heavy atom. The molecule has 5 heteroatoms. The zero-order valence-electron chi connectivity index (χ0n) is 11.6. The second-order valence-electron chi connectivity index (χ2n) is 5.60. The number of carbonyl (C=O) groups is 1. The van der Waals surface area contributed by atoms with E-state index in [9.17, 15) is 9.59 Å². The van der Waals surface area contributed by atoms with E-state index in [2.05, 4.69) is 0 Å². The maximum absolute atomic E-state index is 12.7. The third-order valence-electron chi connectivity index (χ3n) is 4.25. The van der Waals surface area contributed by atoms with Crippen LogP contribution in [-0.2, 0) is 7.05 Å². The predicted octanol–water partition coefficient (Wildman–Crippen LogP) is 2.14. The lowest BCUT2D eigenvalue weighted by molar-refractivity contribution is 0.0802. The van der Waals surface area contributed by atoms with Gasteiger partial charge in [-0.2, -0.15) is 0 Å². The summed E-state index contributed by atoms with van der Waals surface area (Å²) in [5.74, 6) is -0.112. The van der Waals surface area contributed by atoms with Gasteiger partial charge in [0.2, 0.25) is 5.91 Å². The van der Waals surface area contributed by atoms with Crippen LogP contribution in [0.5, 0.6) is 0 Å². The van der Waals surface area contributed by atoms with E-state index in [0.717, 1.165) is 31.2 Å². The van der Waals surface area contributed by atoms with Crippen LogP contribution in [0.3, 0.4) is 0 Å². The quantitative estimate of drug-likeness (QED) is 0.809. The molecular weight excluding hydrogens is 254 g/mol. The van der Waals surface area contributed by atoms with E-state index in [4.69, 9.17) is 5.73 Å². The van der Waals surface area contributed by atoms with Crippen molar-refractivity contribution in [1.82, 2.24) is 9.13 Å². The molecule has 1 aliphatic carbocycles. The second kappa shape index (κ2) is 4.81. The van der Waals surface area contributed by atoms with Crippen LogP contribution in [-0.4, -0.2) is 15.0 Å². The van der Waals surface area contributed by atoms with Gasteiger partial charge in [-0.15, -0.1) is 0 Å². The molecule has 0 unspecified atom stereocenters. The van der Waals surface area contributed by atoms with Crippen molar-refractivity contribution < 1.29 is 4.79 Å². The zero-order chi connectivity index (χ0) is 14.3. The topological polar surface area (TPSA) is 70.0 Å². The molecule has 2 aromatic rings. The number of aromatic nitrogens is 2. The zero-order valence-corrected chi connectivity index (χ0v) is 11.6. The van der Waals surface area contributed by atoms with Crippen LogP contribution in [0.1, 0.15) is 36.9 Å². The molecule has 1 saturated carbocycles. The smallest absolute Gasteiger partial charge is 0.335 e. The van der Waals surface area contributed by atoms with E-state index in [1.807, 2.05) is 0 Å². The third-order valence-corrected chi connectivity index (χ3v) is 4.25. The van der Waals surface area contributed by atoms with Crippen molar-refractivity contribution in [3.63, 3.8) is 0 Å². The molecule has 1 aromatic carbocycles. The van der Waals surface area contributed by atoms with Crippen molar-refractivity contribution in [2.45, 2.75) is 32.1 Å². The highest BCUT2D eigenvalue weighted by Crippen LogP contribution is 2.26. The van der Waals surface area contributed by atoms with Gasteiger partial charge >= 0.3 is 5.69 Å². The van der Waals surface area contributed by atoms with Crippen LogP contribution in [0.25, 0.3) is 11.0 Å². The van der Waals surface area contributed by atoms with Gasteiger partial charge in [0.15, 0.2) is 0 Å². The highest BCUT2D eigenvalue weighted by atomic mass is 16.2. The van der Waals surface area contributed by atoms with E-state index in [1.54, 1.807) is 25.2 Å². The van der Waals surface area contributed by atoms with Gasteiger partial charge in [-0.25, -0.2) is 9.36 Å². The van der Waals surface area contributed by atoms with Gasteiger partial charge in [-0.05, 0) is 31.0 Å². The molecule has 0 saturated heterocycles. The number of benzene rings is 1. The maximum atomic E-state index is 12.7. The van der Waals surface area contributed by atoms with Gasteiger partial charge in [0, 0.05) is 18.7 Å². The molecule has 1 aliphatic rings. The van der Waals surface area contributed by atoms with Crippen molar-refractivity contribution in [2.75, 3.05) is 5.73 Å². The van der Waals surface area contributed by atoms with Gasteiger partial charge in [0.05, 0.1) is 11.0 Å². The van der Waals surface area contributed by atoms with E-state index < -0.39 is 0 Å². The number of imidazole rings is 1. The van der Waals surface area contributed by atoms with E-state index in [-0.39, 0.29) is 17.5 Å². The number of hydrogen-bond acceptors (Lipinski definition) is 3. The van der Waals surface area contributed by atoms with E-state index in [1.165, 1.54) is 15.6 Å². The SMILES string of the molecule is Cn1c(=O)n(C(=O)C2CCCCC2)c2cc(N)ccc21. The summed E-state index contributed by atoms with van der Waals surface area (Å²) in [6.45, 7) is 0. The standard InChI is InChI=1S/C15H19N3O2/c1-17-12-8-7-11(16)9-13(12)18(15(17)20)14(19)10-5-3-2-4-6-10/h7-10H,2-6,16H2,1H3. The minimum atomic E-state index is -0.277. The molecular formula is C15H19N3O2. The highest BCUT2D eigenvalue weighted by molar-refractivity contribution is 5.92. The number of aryl methyl sites for hydroxylation is 1. The van der Waals surface area contributed by atoms with Crippen LogP contribution in [0, 0.1) is 5.92 Å². The van der Waals surface area contributed by atoms with Crippen molar-refractivity contribution in [3.8, 4) is 0 Å².